The zero-order valence-corrected chi connectivity index (χ0v) is 12.0. The van der Waals surface area contributed by atoms with Gasteiger partial charge in [-0.3, -0.25) is 9.59 Å². The van der Waals surface area contributed by atoms with E-state index in [0.717, 1.165) is 12.8 Å². The van der Waals surface area contributed by atoms with Crippen molar-refractivity contribution >= 4 is 35.0 Å². The number of carbonyl (C=O) groups excluding carboxylic acids is 2. The van der Waals surface area contributed by atoms with Crippen LogP contribution >= 0.6 is 23.2 Å². The Kier molecular flexibility index (Phi) is 4.32. The largest absolute Gasteiger partial charge is 0.352 e. The maximum atomic E-state index is 12.1. The summed E-state index contributed by atoms with van der Waals surface area (Å²) < 4.78 is 0. The summed E-state index contributed by atoms with van der Waals surface area (Å²) in [4.78, 5) is 25.1. The van der Waals surface area contributed by atoms with E-state index in [9.17, 15) is 9.59 Å². The number of amides is 2. The minimum absolute atomic E-state index is 0.0373. The van der Waals surface area contributed by atoms with Gasteiger partial charge in [0.1, 0.15) is 0 Å². The van der Waals surface area contributed by atoms with E-state index in [-0.39, 0.29) is 18.4 Å². The molecule has 1 saturated carbocycles. The highest BCUT2D eigenvalue weighted by atomic mass is 35.5. The van der Waals surface area contributed by atoms with Crippen LogP contribution in [-0.2, 0) is 4.79 Å². The van der Waals surface area contributed by atoms with Crippen LogP contribution in [0.2, 0.25) is 10.0 Å². The van der Waals surface area contributed by atoms with Crippen molar-refractivity contribution in [1.82, 2.24) is 10.2 Å². The minimum Gasteiger partial charge on any atom is -0.352 e. The number of nitrogens with zero attached hydrogens (tertiary/aromatic N) is 1. The number of carbonyl (C=O) groups is 2. The molecular formula is C13H14Cl2N2O2. The molecule has 19 heavy (non-hydrogen) atoms. The average molecular weight is 301 g/mol. The zero-order valence-electron chi connectivity index (χ0n) is 10.5. The molecule has 1 N–H and O–H groups in total. The monoisotopic (exact) mass is 300 g/mol. The van der Waals surface area contributed by atoms with E-state index in [4.69, 9.17) is 23.2 Å². The molecule has 4 nitrogen and oxygen atoms in total. The third-order valence-electron chi connectivity index (χ3n) is 2.84. The molecular weight excluding hydrogens is 287 g/mol. The van der Waals surface area contributed by atoms with Gasteiger partial charge in [0.05, 0.1) is 16.6 Å². The van der Waals surface area contributed by atoms with Gasteiger partial charge in [-0.05, 0) is 31.0 Å². The molecule has 2 rings (SSSR count). The van der Waals surface area contributed by atoms with Gasteiger partial charge in [0.25, 0.3) is 5.91 Å². The molecule has 1 aromatic rings. The highest BCUT2D eigenvalue weighted by Crippen LogP contribution is 2.23. The van der Waals surface area contributed by atoms with Gasteiger partial charge >= 0.3 is 0 Å². The predicted molar refractivity (Wildman–Crippen MR) is 74.6 cm³/mol. The molecule has 6 heteroatoms. The molecule has 0 bridgehead atoms. The molecule has 0 aliphatic heterocycles. The Bertz CT molecular complexity index is 515. The highest BCUT2D eigenvalue weighted by Gasteiger charge is 2.24. The number of benzene rings is 1. The standard InChI is InChI=1S/C13H14Cl2N2O2/c1-17(7-12(18)16-9-3-4-9)13(19)8-2-5-10(14)11(15)6-8/h2,5-6,9H,3-4,7H2,1H3,(H,16,18). The first-order valence-electron chi connectivity index (χ1n) is 5.97. The molecule has 0 spiro atoms. The first-order valence-corrected chi connectivity index (χ1v) is 6.73. The van der Waals surface area contributed by atoms with Crippen molar-refractivity contribution in [2.45, 2.75) is 18.9 Å². The van der Waals surface area contributed by atoms with Crippen molar-refractivity contribution in [2.24, 2.45) is 0 Å². The molecule has 1 aromatic carbocycles. The van der Waals surface area contributed by atoms with Gasteiger partial charge in [0, 0.05) is 18.7 Å². The van der Waals surface area contributed by atoms with Crippen molar-refractivity contribution in [1.29, 1.82) is 0 Å². The number of hydrogen-bond acceptors (Lipinski definition) is 2. The second-order valence-electron chi connectivity index (χ2n) is 4.63. The van der Waals surface area contributed by atoms with Gasteiger partial charge in [-0.15, -0.1) is 0 Å². The molecule has 0 unspecified atom stereocenters. The summed E-state index contributed by atoms with van der Waals surface area (Å²) in [5.74, 6) is -0.400. The van der Waals surface area contributed by atoms with Crippen LogP contribution < -0.4 is 5.32 Å². The van der Waals surface area contributed by atoms with Crippen molar-refractivity contribution in [3.05, 3.63) is 33.8 Å². The first-order chi connectivity index (χ1) is 8.97. The van der Waals surface area contributed by atoms with E-state index in [1.807, 2.05) is 0 Å². The Morgan fingerprint density at radius 2 is 2.00 bits per heavy atom. The third kappa shape index (κ3) is 3.85. The van der Waals surface area contributed by atoms with Gasteiger partial charge < -0.3 is 10.2 Å². The van der Waals surface area contributed by atoms with Crippen LogP contribution in [0.3, 0.4) is 0 Å². The average Bonchev–Trinajstić information content (AvgIpc) is 3.15. The lowest BCUT2D eigenvalue weighted by atomic mass is 10.2. The molecule has 1 aliphatic rings. The van der Waals surface area contributed by atoms with Crippen molar-refractivity contribution < 1.29 is 9.59 Å². The van der Waals surface area contributed by atoms with E-state index in [2.05, 4.69) is 5.32 Å². The second kappa shape index (κ2) is 5.80. The molecule has 102 valence electrons. The second-order valence-corrected chi connectivity index (χ2v) is 5.45. The number of likely N-dealkylation sites (N-methyl/N-ethyl adjacent to an activating group) is 1. The summed E-state index contributed by atoms with van der Waals surface area (Å²) in [6.45, 7) is 0.0373. The molecule has 0 atom stereocenters. The maximum absolute atomic E-state index is 12.1. The van der Waals surface area contributed by atoms with Crippen molar-refractivity contribution in [2.75, 3.05) is 13.6 Å². The van der Waals surface area contributed by atoms with Crippen LogP contribution in [0.25, 0.3) is 0 Å². The molecule has 0 saturated heterocycles. The number of halogens is 2. The fourth-order valence-electron chi connectivity index (χ4n) is 1.64. The summed E-state index contributed by atoms with van der Waals surface area (Å²) in [5, 5.41) is 3.55. The SMILES string of the molecule is CN(CC(=O)NC1CC1)C(=O)c1ccc(Cl)c(Cl)c1. The van der Waals surface area contributed by atoms with Gasteiger partial charge in [-0.1, -0.05) is 23.2 Å². The van der Waals surface area contributed by atoms with E-state index in [0.29, 0.717) is 21.7 Å². The Hall–Kier alpha value is -1.26. The molecule has 0 aromatic heterocycles. The van der Waals surface area contributed by atoms with E-state index in [1.165, 1.54) is 11.0 Å². The third-order valence-corrected chi connectivity index (χ3v) is 3.58. The van der Waals surface area contributed by atoms with Gasteiger partial charge in [-0.25, -0.2) is 0 Å². The summed E-state index contributed by atoms with van der Waals surface area (Å²) in [7, 11) is 1.58. The molecule has 0 heterocycles. The lowest BCUT2D eigenvalue weighted by Crippen LogP contribution is -2.39. The van der Waals surface area contributed by atoms with Crippen LogP contribution in [0.4, 0.5) is 0 Å². The molecule has 1 aliphatic carbocycles. The van der Waals surface area contributed by atoms with Crippen molar-refractivity contribution in [3.8, 4) is 0 Å². The Balaban J connectivity index is 1.97. The van der Waals surface area contributed by atoms with Crippen LogP contribution in [0.5, 0.6) is 0 Å². The topological polar surface area (TPSA) is 49.4 Å². The van der Waals surface area contributed by atoms with Gasteiger partial charge in [0.15, 0.2) is 0 Å². The zero-order chi connectivity index (χ0) is 14.0. The Labute approximate surface area is 121 Å². The first kappa shape index (κ1) is 14.2. The number of rotatable bonds is 4. The summed E-state index contributed by atoms with van der Waals surface area (Å²) in [6.07, 6.45) is 2.05. The lowest BCUT2D eigenvalue weighted by molar-refractivity contribution is -0.121. The van der Waals surface area contributed by atoms with Crippen LogP contribution in [0, 0.1) is 0 Å². The fraction of sp³-hybridized carbons (Fsp3) is 0.385. The fourth-order valence-corrected chi connectivity index (χ4v) is 1.94. The van der Waals surface area contributed by atoms with Crippen LogP contribution in [0.15, 0.2) is 18.2 Å². The van der Waals surface area contributed by atoms with Crippen LogP contribution in [0.1, 0.15) is 23.2 Å². The molecule has 1 fully saturated rings. The Morgan fingerprint density at radius 1 is 1.32 bits per heavy atom. The Morgan fingerprint density at radius 3 is 2.58 bits per heavy atom. The van der Waals surface area contributed by atoms with Crippen LogP contribution in [-0.4, -0.2) is 36.3 Å². The van der Waals surface area contributed by atoms with E-state index < -0.39 is 0 Å². The smallest absolute Gasteiger partial charge is 0.254 e. The van der Waals surface area contributed by atoms with Gasteiger partial charge in [0.2, 0.25) is 5.91 Å². The number of nitrogens with one attached hydrogen (secondary N) is 1. The summed E-state index contributed by atoms with van der Waals surface area (Å²) in [6, 6.07) is 4.95. The van der Waals surface area contributed by atoms with Crippen molar-refractivity contribution in [3.63, 3.8) is 0 Å². The quantitative estimate of drug-likeness (QED) is 0.928. The maximum Gasteiger partial charge on any atom is 0.254 e. The van der Waals surface area contributed by atoms with E-state index >= 15 is 0 Å². The lowest BCUT2D eigenvalue weighted by Gasteiger charge is -2.17. The minimum atomic E-state index is -0.260. The normalized spacial score (nSPS) is 14.1. The van der Waals surface area contributed by atoms with E-state index in [1.54, 1.807) is 19.2 Å². The van der Waals surface area contributed by atoms with Gasteiger partial charge in [-0.2, -0.15) is 0 Å². The summed E-state index contributed by atoms with van der Waals surface area (Å²) >= 11 is 11.7. The number of hydrogen-bond donors (Lipinski definition) is 1. The summed E-state index contributed by atoms with van der Waals surface area (Å²) in [5.41, 5.74) is 0.413. The molecule has 0 radical (unpaired) electrons. The highest BCUT2D eigenvalue weighted by molar-refractivity contribution is 6.42. The molecule has 2 amide bonds. The predicted octanol–water partition coefficient (Wildman–Crippen LogP) is 2.34.